The van der Waals surface area contributed by atoms with Gasteiger partial charge in [-0.3, -0.25) is 0 Å². The molecular formula is C19H40N2O. The monoisotopic (exact) mass is 312 g/mol. The Kier molecular flexibility index (Phi) is 16.1. The van der Waals surface area contributed by atoms with Crippen LogP contribution in [0.25, 0.3) is 0 Å². The number of rotatable bonds is 15. The van der Waals surface area contributed by atoms with Crippen molar-refractivity contribution in [3.8, 4) is 0 Å². The van der Waals surface area contributed by atoms with Crippen molar-refractivity contribution < 1.29 is 4.79 Å². The molecule has 0 rings (SSSR count). The first kappa shape index (κ1) is 21.3. The Balaban J connectivity index is 3.97. The molecule has 0 saturated heterocycles. The highest BCUT2D eigenvalue weighted by molar-refractivity contribution is 5.74. The van der Waals surface area contributed by atoms with E-state index >= 15 is 0 Å². The van der Waals surface area contributed by atoms with E-state index in [2.05, 4.69) is 26.1 Å². The number of amides is 2. The number of carbonyl (C=O) groups is 1. The molecule has 132 valence electrons. The lowest BCUT2D eigenvalue weighted by atomic mass is 10.1. The van der Waals surface area contributed by atoms with Crippen LogP contribution >= 0.6 is 0 Å². The number of nitrogens with zero attached hydrogens (tertiary/aromatic N) is 1. The molecule has 0 radical (unpaired) electrons. The average Bonchev–Trinajstić information content (AvgIpc) is 2.53. The second-order valence-corrected chi connectivity index (χ2v) is 6.40. The second-order valence-electron chi connectivity index (χ2n) is 6.40. The zero-order valence-electron chi connectivity index (χ0n) is 15.5. The summed E-state index contributed by atoms with van der Waals surface area (Å²) in [7, 11) is 0. The van der Waals surface area contributed by atoms with Crippen molar-refractivity contribution in [1.29, 1.82) is 0 Å². The topological polar surface area (TPSA) is 32.3 Å². The van der Waals surface area contributed by atoms with Crippen molar-refractivity contribution in [3.05, 3.63) is 0 Å². The summed E-state index contributed by atoms with van der Waals surface area (Å²) in [6.45, 7) is 9.35. The number of urea groups is 1. The smallest absolute Gasteiger partial charge is 0.317 e. The molecular weight excluding hydrogens is 272 g/mol. The van der Waals surface area contributed by atoms with Crippen molar-refractivity contribution in [2.45, 2.75) is 97.8 Å². The average molecular weight is 313 g/mol. The Labute approximate surface area is 139 Å². The SMILES string of the molecule is CCCCCCNC(=O)N(CCCCCC)CCCCCC. The minimum atomic E-state index is 0.157. The predicted molar refractivity (Wildman–Crippen MR) is 97.4 cm³/mol. The summed E-state index contributed by atoms with van der Waals surface area (Å²) >= 11 is 0. The minimum absolute atomic E-state index is 0.157. The van der Waals surface area contributed by atoms with Gasteiger partial charge in [0.2, 0.25) is 0 Å². The van der Waals surface area contributed by atoms with Crippen LogP contribution < -0.4 is 5.32 Å². The van der Waals surface area contributed by atoms with Gasteiger partial charge in [0, 0.05) is 19.6 Å². The number of hydrogen-bond acceptors (Lipinski definition) is 1. The normalized spacial score (nSPS) is 10.7. The van der Waals surface area contributed by atoms with Gasteiger partial charge in [-0.25, -0.2) is 4.79 Å². The van der Waals surface area contributed by atoms with E-state index < -0.39 is 0 Å². The molecule has 2 amide bonds. The molecule has 0 aromatic rings. The number of hydrogen-bond donors (Lipinski definition) is 1. The fourth-order valence-corrected chi connectivity index (χ4v) is 2.63. The lowest BCUT2D eigenvalue weighted by Gasteiger charge is -2.23. The summed E-state index contributed by atoms with van der Waals surface area (Å²) in [5, 5.41) is 3.11. The number of nitrogens with one attached hydrogen (secondary N) is 1. The highest BCUT2D eigenvalue weighted by Crippen LogP contribution is 2.06. The molecule has 1 N–H and O–H groups in total. The van der Waals surface area contributed by atoms with Crippen molar-refractivity contribution in [2.24, 2.45) is 0 Å². The van der Waals surface area contributed by atoms with Gasteiger partial charge < -0.3 is 10.2 Å². The first-order valence-corrected chi connectivity index (χ1v) is 9.79. The Bertz CT molecular complexity index is 232. The first-order chi connectivity index (χ1) is 10.8. The predicted octanol–water partition coefficient (Wildman–Crippen LogP) is 5.74. The van der Waals surface area contributed by atoms with Crippen molar-refractivity contribution >= 4 is 6.03 Å². The summed E-state index contributed by atoms with van der Waals surface area (Å²) in [6.07, 6.45) is 14.7. The molecule has 22 heavy (non-hydrogen) atoms. The van der Waals surface area contributed by atoms with Gasteiger partial charge in [0.25, 0.3) is 0 Å². The molecule has 0 aromatic carbocycles. The Hall–Kier alpha value is -0.730. The van der Waals surface area contributed by atoms with Crippen LogP contribution in [0.15, 0.2) is 0 Å². The van der Waals surface area contributed by atoms with E-state index in [0.717, 1.165) is 38.9 Å². The standard InChI is InChI=1S/C19H40N2O/c1-4-7-10-13-16-20-19(22)21(17-14-11-8-5-2)18-15-12-9-6-3/h4-18H2,1-3H3,(H,20,22). The van der Waals surface area contributed by atoms with Crippen LogP contribution in [-0.2, 0) is 0 Å². The first-order valence-electron chi connectivity index (χ1n) is 9.79. The lowest BCUT2D eigenvalue weighted by Crippen LogP contribution is -2.41. The maximum Gasteiger partial charge on any atom is 0.317 e. The molecule has 0 bridgehead atoms. The van der Waals surface area contributed by atoms with E-state index in [9.17, 15) is 4.79 Å². The molecule has 0 heterocycles. The lowest BCUT2D eigenvalue weighted by molar-refractivity contribution is 0.195. The molecule has 0 atom stereocenters. The fraction of sp³-hybridized carbons (Fsp3) is 0.947. The summed E-state index contributed by atoms with van der Waals surface area (Å²) in [6, 6.07) is 0.157. The van der Waals surface area contributed by atoms with E-state index in [1.54, 1.807) is 0 Å². The van der Waals surface area contributed by atoms with Crippen LogP contribution in [0, 0.1) is 0 Å². The van der Waals surface area contributed by atoms with E-state index in [0.29, 0.717) is 0 Å². The van der Waals surface area contributed by atoms with Crippen LogP contribution in [0.1, 0.15) is 97.8 Å². The summed E-state index contributed by atoms with van der Waals surface area (Å²) in [5.74, 6) is 0. The van der Waals surface area contributed by atoms with Gasteiger partial charge in [-0.2, -0.15) is 0 Å². The van der Waals surface area contributed by atoms with Gasteiger partial charge in [-0.15, -0.1) is 0 Å². The van der Waals surface area contributed by atoms with E-state index in [1.165, 1.54) is 57.8 Å². The Morgan fingerprint density at radius 2 is 1.14 bits per heavy atom. The third-order valence-corrected chi connectivity index (χ3v) is 4.16. The van der Waals surface area contributed by atoms with Gasteiger partial charge in [0.1, 0.15) is 0 Å². The van der Waals surface area contributed by atoms with E-state index in [4.69, 9.17) is 0 Å². The minimum Gasteiger partial charge on any atom is -0.338 e. The zero-order valence-corrected chi connectivity index (χ0v) is 15.5. The van der Waals surface area contributed by atoms with E-state index in [-0.39, 0.29) is 6.03 Å². The Morgan fingerprint density at radius 3 is 1.59 bits per heavy atom. The molecule has 0 saturated carbocycles. The maximum absolute atomic E-state index is 12.3. The third kappa shape index (κ3) is 13.0. The molecule has 0 spiro atoms. The van der Waals surface area contributed by atoms with Gasteiger partial charge in [-0.05, 0) is 19.3 Å². The number of carbonyl (C=O) groups excluding carboxylic acids is 1. The highest BCUT2D eigenvalue weighted by Gasteiger charge is 2.11. The summed E-state index contributed by atoms with van der Waals surface area (Å²) < 4.78 is 0. The van der Waals surface area contributed by atoms with Gasteiger partial charge in [-0.1, -0.05) is 78.6 Å². The van der Waals surface area contributed by atoms with Crippen molar-refractivity contribution in [2.75, 3.05) is 19.6 Å². The van der Waals surface area contributed by atoms with Crippen LogP contribution in [0.2, 0.25) is 0 Å². The van der Waals surface area contributed by atoms with Crippen molar-refractivity contribution in [3.63, 3.8) is 0 Å². The van der Waals surface area contributed by atoms with Gasteiger partial charge in [0.15, 0.2) is 0 Å². The highest BCUT2D eigenvalue weighted by atomic mass is 16.2. The molecule has 3 heteroatoms. The molecule has 0 aliphatic heterocycles. The molecule has 0 aliphatic rings. The molecule has 0 unspecified atom stereocenters. The molecule has 0 fully saturated rings. The van der Waals surface area contributed by atoms with Gasteiger partial charge in [0.05, 0.1) is 0 Å². The zero-order chi connectivity index (χ0) is 16.5. The number of unbranched alkanes of at least 4 members (excludes halogenated alkanes) is 9. The maximum atomic E-state index is 12.3. The quantitative estimate of drug-likeness (QED) is 0.384. The van der Waals surface area contributed by atoms with Crippen LogP contribution in [-0.4, -0.2) is 30.6 Å². The second kappa shape index (κ2) is 16.6. The van der Waals surface area contributed by atoms with Gasteiger partial charge >= 0.3 is 6.03 Å². The Morgan fingerprint density at radius 1 is 0.682 bits per heavy atom. The fourth-order valence-electron chi connectivity index (χ4n) is 2.63. The van der Waals surface area contributed by atoms with Crippen LogP contribution in [0.3, 0.4) is 0 Å². The van der Waals surface area contributed by atoms with Crippen molar-refractivity contribution in [1.82, 2.24) is 10.2 Å². The molecule has 3 nitrogen and oxygen atoms in total. The van der Waals surface area contributed by atoms with E-state index in [1.807, 2.05) is 4.90 Å². The molecule has 0 aromatic heterocycles. The summed E-state index contributed by atoms with van der Waals surface area (Å²) in [5.41, 5.74) is 0. The third-order valence-electron chi connectivity index (χ3n) is 4.16. The largest absolute Gasteiger partial charge is 0.338 e. The molecule has 0 aliphatic carbocycles. The van der Waals surface area contributed by atoms with Crippen LogP contribution in [0.4, 0.5) is 4.79 Å². The summed E-state index contributed by atoms with van der Waals surface area (Å²) in [4.78, 5) is 14.4. The van der Waals surface area contributed by atoms with Crippen LogP contribution in [0.5, 0.6) is 0 Å².